The van der Waals surface area contributed by atoms with Gasteiger partial charge in [0.1, 0.15) is 0 Å². The van der Waals surface area contributed by atoms with Gasteiger partial charge >= 0.3 is 0 Å². The minimum Gasteiger partial charge on any atom is -0.370 e. The molecule has 3 nitrogen and oxygen atoms in total. The zero-order valence-corrected chi connectivity index (χ0v) is 9.66. The third-order valence-corrected chi connectivity index (χ3v) is 2.34. The lowest BCUT2D eigenvalue weighted by Crippen LogP contribution is -2.41. The Morgan fingerprint density at radius 2 is 2.14 bits per heavy atom. The van der Waals surface area contributed by atoms with Gasteiger partial charge in [-0.1, -0.05) is 20.8 Å². The molecule has 0 aromatic heterocycles. The van der Waals surface area contributed by atoms with Crippen molar-refractivity contribution >= 4 is 5.96 Å². The molecule has 1 aliphatic carbocycles. The van der Waals surface area contributed by atoms with E-state index in [0.29, 0.717) is 12.0 Å². The van der Waals surface area contributed by atoms with Crippen molar-refractivity contribution in [2.45, 2.75) is 46.1 Å². The summed E-state index contributed by atoms with van der Waals surface area (Å²) in [7, 11) is 0. The predicted octanol–water partition coefficient (Wildman–Crippen LogP) is 1.83. The van der Waals surface area contributed by atoms with Crippen molar-refractivity contribution in [3.8, 4) is 0 Å². The summed E-state index contributed by atoms with van der Waals surface area (Å²) in [4.78, 5) is 6.66. The molecule has 82 valence electrons. The molecule has 0 saturated heterocycles. The summed E-state index contributed by atoms with van der Waals surface area (Å²) in [6, 6.07) is 0.679. The Bertz CT molecular complexity index is 195. The standard InChI is InChI=1S/C11H23N3/c1-4-7-13-11(12)14(8-9(2)3)10-5-6-10/h9-10H,4-8H2,1-3H3,(H2,12,13). The van der Waals surface area contributed by atoms with Gasteiger partial charge in [-0.3, -0.25) is 4.99 Å². The van der Waals surface area contributed by atoms with E-state index in [1.54, 1.807) is 0 Å². The van der Waals surface area contributed by atoms with E-state index in [0.717, 1.165) is 25.5 Å². The molecule has 1 fully saturated rings. The van der Waals surface area contributed by atoms with E-state index in [9.17, 15) is 0 Å². The van der Waals surface area contributed by atoms with Crippen LogP contribution in [0, 0.1) is 5.92 Å². The number of hydrogen-bond acceptors (Lipinski definition) is 1. The maximum atomic E-state index is 5.97. The van der Waals surface area contributed by atoms with E-state index in [-0.39, 0.29) is 0 Å². The van der Waals surface area contributed by atoms with Gasteiger partial charge in [0.25, 0.3) is 0 Å². The van der Waals surface area contributed by atoms with Crippen LogP contribution in [0.5, 0.6) is 0 Å². The van der Waals surface area contributed by atoms with Gasteiger partial charge in [-0.05, 0) is 25.2 Å². The van der Waals surface area contributed by atoms with Crippen LogP contribution in [-0.4, -0.2) is 30.0 Å². The van der Waals surface area contributed by atoms with E-state index >= 15 is 0 Å². The number of aliphatic imine (C=N–C) groups is 1. The summed E-state index contributed by atoms with van der Waals surface area (Å²) in [5.41, 5.74) is 5.97. The monoisotopic (exact) mass is 197 g/mol. The zero-order valence-electron chi connectivity index (χ0n) is 9.66. The highest BCUT2D eigenvalue weighted by Crippen LogP contribution is 2.27. The summed E-state index contributed by atoms with van der Waals surface area (Å²) in [5.74, 6) is 1.41. The van der Waals surface area contributed by atoms with Crippen LogP contribution in [0.4, 0.5) is 0 Å². The quantitative estimate of drug-likeness (QED) is 0.539. The van der Waals surface area contributed by atoms with Crippen molar-refractivity contribution in [2.24, 2.45) is 16.6 Å². The van der Waals surface area contributed by atoms with Crippen molar-refractivity contribution in [3.63, 3.8) is 0 Å². The first-order valence-electron chi connectivity index (χ1n) is 5.71. The van der Waals surface area contributed by atoms with Crippen LogP contribution in [0.15, 0.2) is 4.99 Å². The van der Waals surface area contributed by atoms with Gasteiger partial charge in [-0.25, -0.2) is 0 Å². The summed E-state index contributed by atoms with van der Waals surface area (Å²) >= 11 is 0. The van der Waals surface area contributed by atoms with E-state index < -0.39 is 0 Å². The molecule has 0 aromatic rings. The van der Waals surface area contributed by atoms with Crippen molar-refractivity contribution in [1.29, 1.82) is 0 Å². The molecular formula is C11H23N3. The van der Waals surface area contributed by atoms with Gasteiger partial charge in [0.2, 0.25) is 0 Å². The second kappa shape index (κ2) is 5.23. The number of hydrogen-bond donors (Lipinski definition) is 1. The van der Waals surface area contributed by atoms with Crippen molar-refractivity contribution < 1.29 is 0 Å². The fourth-order valence-electron chi connectivity index (χ4n) is 1.53. The normalized spacial score (nSPS) is 17.6. The fraction of sp³-hybridized carbons (Fsp3) is 0.909. The lowest BCUT2D eigenvalue weighted by atomic mass is 10.2. The molecule has 0 spiro atoms. The van der Waals surface area contributed by atoms with E-state index in [4.69, 9.17) is 5.73 Å². The minimum atomic E-state index is 0.658. The Balaban J connectivity index is 2.48. The number of rotatable bonds is 5. The molecule has 0 unspecified atom stereocenters. The summed E-state index contributed by atoms with van der Waals surface area (Å²) in [6.07, 6.45) is 3.64. The highest BCUT2D eigenvalue weighted by molar-refractivity contribution is 5.78. The summed E-state index contributed by atoms with van der Waals surface area (Å²) in [6.45, 7) is 8.47. The fourth-order valence-corrected chi connectivity index (χ4v) is 1.53. The zero-order chi connectivity index (χ0) is 10.6. The Labute approximate surface area is 87.4 Å². The molecule has 0 aliphatic heterocycles. The molecule has 3 heteroatoms. The van der Waals surface area contributed by atoms with Gasteiger partial charge in [0.15, 0.2) is 5.96 Å². The molecule has 14 heavy (non-hydrogen) atoms. The molecule has 0 heterocycles. The van der Waals surface area contributed by atoms with Gasteiger partial charge in [-0.2, -0.15) is 0 Å². The molecule has 0 aromatic carbocycles. The maximum Gasteiger partial charge on any atom is 0.191 e. The van der Waals surface area contributed by atoms with Gasteiger partial charge in [0.05, 0.1) is 0 Å². The van der Waals surface area contributed by atoms with Crippen LogP contribution in [0.1, 0.15) is 40.0 Å². The highest BCUT2D eigenvalue weighted by Gasteiger charge is 2.30. The molecule has 0 bridgehead atoms. The SMILES string of the molecule is CCCN=C(N)N(CC(C)C)C1CC1. The molecule has 0 atom stereocenters. The third kappa shape index (κ3) is 3.56. The number of guanidine groups is 1. The van der Waals surface area contributed by atoms with Crippen molar-refractivity contribution in [1.82, 2.24) is 4.90 Å². The lowest BCUT2D eigenvalue weighted by molar-refractivity contribution is 0.352. The molecule has 1 aliphatic rings. The summed E-state index contributed by atoms with van der Waals surface area (Å²) < 4.78 is 0. The second-order valence-corrected chi connectivity index (χ2v) is 4.52. The van der Waals surface area contributed by atoms with Crippen LogP contribution >= 0.6 is 0 Å². The first-order chi connectivity index (χ1) is 6.65. The van der Waals surface area contributed by atoms with Crippen LogP contribution in [0.25, 0.3) is 0 Å². The molecule has 1 rings (SSSR count). The van der Waals surface area contributed by atoms with Gasteiger partial charge in [0, 0.05) is 19.1 Å². The Morgan fingerprint density at radius 3 is 2.57 bits per heavy atom. The van der Waals surface area contributed by atoms with Crippen LogP contribution in [0.2, 0.25) is 0 Å². The summed E-state index contributed by atoms with van der Waals surface area (Å²) in [5, 5.41) is 0. The van der Waals surface area contributed by atoms with Crippen LogP contribution in [-0.2, 0) is 0 Å². The Hall–Kier alpha value is -0.730. The second-order valence-electron chi connectivity index (χ2n) is 4.52. The van der Waals surface area contributed by atoms with Crippen LogP contribution in [0.3, 0.4) is 0 Å². The Kier molecular flexibility index (Phi) is 4.23. The topological polar surface area (TPSA) is 41.6 Å². The van der Waals surface area contributed by atoms with E-state index in [1.807, 2.05) is 0 Å². The first-order valence-corrected chi connectivity index (χ1v) is 5.71. The maximum absolute atomic E-state index is 5.97. The molecule has 1 saturated carbocycles. The average Bonchev–Trinajstić information content (AvgIpc) is 2.93. The largest absolute Gasteiger partial charge is 0.370 e. The average molecular weight is 197 g/mol. The molecule has 0 amide bonds. The smallest absolute Gasteiger partial charge is 0.191 e. The third-order valence-electron chi connectivity index (χ3n) is 2.34. The van der Waals surface area contributed by atoms with Crippen LogP contribution < -0.4 is 5.73 Å². The number of nitrogens with zero attached hydrogens (tertiary/aromatic N) is 2. The van der Waals surface area contributed by atoms with Gasteiger partial charge in [-0.15, -0.1) is 0 Å². The van der Waals surface area contributed by atoms with E-state index in [2.05, 4.69) is 30.7 Å². The highest BCUT2D eigenvalue weighted by atomic mass is 15.3. The minimum absolute atomic E-state index is 0.658. The Morgan fingerprint density at radius 1 is 1.50 bits per heavy atom. The lowest BCUT2D eigenvalue weighted by Gasteiger charge is -2.25. The molecule has 2 N–H and O–H groups in total. The molecule has 0 radical (unpaired) electrons. The predicted molar refractivity (Wildman–Crippen MR) is 61.3 cm³/mol. The first kappa shape index (κ1) is 11.3. The number of nitrogens with two attached hydrogens (primary N) is 1. The van der Waals surface area contributed by atoms with Crippen molar-refractivity contribution in [2.75, 3.05) is 13.1 Å². The van der Waals surface area contributed by atoms with Gasteiger partial charge < -0.3 is 10.6 Å². The van der Waals surface area contributed by atoms with E-state index in [1.165, 1.54) is 12.8 Å². The molecular weight excluding hydrogens is 174 g/mol. The van der Waals surface area contributed by atoms with Crippen molar-refractivity contribution in [3.05, 3.63) is 0 Å².